The van der Waals surface area contributed by atoms with Gasteiger partial charge in [0.2, 0.25) is 0 Å². The lowest BCUT2D eigenvalue weighted by atomic mass is 10.1. The van der Waals surface area contributed by atoms with Gasteiger partial charge in [-0.1, -0.05) is 38.1 Å². The van der Waals surface area contributed by atoms with E-state index in [1.54, 1.807) is 45.6 Å². The van der Waals surface area contributed by atoms with Gasteiger partial charge in [-0.3, -0.25) is 0 Å². The second-order valence-corrected chi connectivity index (χ2v) is 7.95. The minimum atomic E-state index is 0. The Morgan fingerprint density at radius 3 is 1.58 bits per heavy atom. The van der Waals surface area contributed by atoms with Gasteiger partial charge in [0.15, 0.2) is 11.4 Å². The van der Waals surface area contributed by atoms with Crippen LogP contribution in [0.25, 0.3) is 9.69 Å². The molecule has 0 unspecified atom stereocenters. The van der Waals surface area contributed by atoms with Gasteiger partial charge in [0.1, 0.15) is 17.2 Å². The van der Waals surface area contributed by atoms with E-state index in [1.807, 2.05) is 31.2 Å². The summed E-state index contributed by atoms with van der Waals surface area (Å²) in [6.07, 6.45) is 1.88. The van der Waals surface area contributed by atoms with Crippen LogP contribution < -0.4 is 19.9 Å². The topological polar surface area (TPSA) is 62.4 Å². The van der Waals surface area contributed by atoms with Crippen molar-refractivity contribution < 1.29 is 14.2 Å². The van der Waals surface area contributed by atoms with Gasteiger partial charge >= 0.3 is 0 Å². The molecule has 0 aliphatic rings. The zero-order chi connectivity index (χ0) is 26.2. The Balaban J connectivity index is 0.000000504. The molecule has 0 aliphatic carbocycles. The Kier molecular flexibility index (Phi) is 16.5. The number of methoxy groups -OCH3 is 3. The molecule has 3 aromatic carbocycles. The van der Waals surface area contributed by atoms with Gasteiger partial charge in [-0.2, -0.15) is 0 Å². The Labute approximate surface area is 229 Å². The summed E-state index contributed by atoms with van der Waals surface area (Å²) in [5.74, 6) is 2.57. The van der Waals surface area contributed by atoms with Gasteiger partial charge in [-0.15, -0.1) is 12.4 Å². The Bertz CT molecular complexity index is 1170. The number of nitrogens with zero attached hydrogens (tertiary/aromatic N) is 2. The molecule has 3 aromatic rings. The van der Waals surface area contributed by atoms with Crippen molar-refractivity contribution in [2.24, 2.45) is 5.73 Å². The second kappa shape index (κ2) is 18.1. The molecule has 0 fully saturated rings. The number of benzene rings is 3. The van der Waals surface area contributed by atoms with Crippen LogP contribution in [-0.2, 0) is 19.4 Å². The molecule has 0 aromatic heterocycles. The van der Waals surface area contributed by atoms with Crippen molar-refractivity contribution in [1.82, 2.24) is 0 Å². The van der Waals surface area contributed by atoms with Crippen LogP contribution in [0.3, 0.4) is 0 Å². The standard InChI is InChI=1S/C10H11NO.C10H15NO.C8H6BrNO.ClH/c1-4-8-7-9(11-2)5-6-10(8)12-3;1-3-9-6-8(7-11)4-5-10(9)12-2;1-10-6-3-4-8(11-2)7(9)5-6;/h5-7H,4H2,1,3H3;4-6H,3,7,11H2,1-2H3;3-5H,2H3;1H. The van der Waals surface area contributed by atoms with Gasteiger partial charge < -0.3 is 19.9 Å². The molecule has 3 rings (SSSR count). The lowest BCUT2D eigenvalue weighted by Gasteiger charge is -2.07. The molecule has 192 valence electrons. The fraction of sp³-hybridized carbons (Fsp3) is 0.286. The molecule has 36 heavy (non-hydrogen) atoms. The van der Waals surface area contributed by atoms with Crippen LogP contribution in [0.4, 0.5) is 11.4 Å². The van der Waals surface area contributed by atoms with Crippen molar-refractivity contribution in [3.05, 3.63) is 98.6 Å². The number of aryl methyl sites for hydroxylation is 2. The van der Waals surface area contributed by atoms with E-state index in [2.05, 4.69) is 38.6 Å². The molecule has 0 saturated carbocycles. The monoisotopic (exact) mass is 573 g/mol. The first kappa shape index (κ1) is 32.8. The number of ether oxygens (including phenoxy) is 3. The van der Waals surface area contributed by atoms with E-state index in [1.165, 1.54) is 5.56 Å². The summed E-state index contributed by atoms with van der Waals surface area (Å²) in [5, 5.41) is 0. The molecular weight excluding hydrogens is 542 g/mol. The first-order valence-corrected chi connectivity index (χ1v) is 11.8. The zero-order valence-electron chi connectivity index (χ0n) is 21.3. The second-order valence-electron chi connectivity index (χ2n) is 7.10. The summed E-state index contributed by atoms with van der Waals surface area (Å²) in [6, 6.07) is 16.8. The normalized spacial score (nSPS) is 9.03. The summed E-state index contributed by atoms with van der Waals surface area (Å²) < 4.78 is 16.1. The van der Waals surface area contributed by atoms with E-state index in [9.17, 15) is 0 Å². The first-order chi connectivity index (χ1) is 16.9. The predicted molar refractivity (Wildman–Crippen MR) is 153 cm³/mol. The summed E-state index contributed by atoms with van der Waals surface area (Å²) in [7, 11) is 4.93. The number of hydrogen-bond donors (Lipinski definition) is 1. The van der Waals surface area contributed by atoms with Crippen LogP contribution in [-0.4, -0.2) is 21.3 Å². The molecule has 0 saturated heterocycles. The number of hydrogen-bond acceptors (Lipinski definition) is 4. The van der Waals surface area contributed by atoms with Crippen LogP contribution in [0, 0.1) is 13.1 Å². The molecule has 0 spiro atoms. The van der Waals surface area contributed by atoms with E-state index >= 15 is 0 Å². The quantitative estimate of drug-likeness (QED) is 0.303. The smallest absolute Gasteiger partial charge is 0.188 e. The van der Waals surface area contributed by atoms with Crippen molar-refractivity contribution >= 4 is 39.7 Å². The largest absolute Gasteiger partial charge is 0.497 e. The van der Waals surface area contributed by atoms with Gasteiger partial charge in [0.25, 0.3) is 0 Å². The Morgan fingerprint density at radius 2 is 1.17 bits per heavy atom. The minimum Gasteiger partial charge on any atom is -0.497 e. The maximum absolute atomic E-state index is 6.83. The first-order valence-electron chi connectivity index (χ1n) is 11.0. The van der Waals surface area contributed by atoms with Crippen LogP contribution >= 0.6 is 28.3 Å². The van der Waals surface area contributed by atoms with E-state index in [-0.39, 0.29) is 12.4 Å². The molecule has 0 amide bonds. The number of halogens is 2. The average Bonchev–Trinajstić information content (AvgIpc) is 2.92. The predicted octanol–water partition coefficient (Wildman–Crippen LogP) is 7.95. The summed E-state index contributed by atoms with van der Waals surface area (Å²) >= 11 is 3.28. The third-order valence-corrected chi connectivity index (χ3v) is 5.62. The molecule has 0 aliphatic heterocycles. The highest BCUT2D eigenvalue weighted by atomic mass is 79.9. The van der Waals surface area contributed by atoms with Gasteiger partial charge in [-0.05, 0) is 75.8 Å². The van der Waals surface area contributed by atoms with Crippen molar-refractivity contribution in [2.45, 2.75) is 33.2 Å². The van der Waals surface area contributed by atoms with E-state index in [0.717, 1.165) is 45.7 Å². The molecule has 0 atom stereocenters. The van der Waals surface area contributed by atoms with Crippen LogP contribution in [0.15, 0.2) is 59.1 Å². The lowest BCUT2D eigenvalue weighted by Crippen LogP contribution is -1.98. The highest BCUT2D eigenvalue weighted by Crippen LogP contribution is 2.29. The fourth-order valence-electron chi connectivity index (χ4n) is 3.07. The highest BCUT2D eigenvalue weighted by molar-refractivity contribution is 9.10. The molecular formula is C28H33BrClN3O3. The lowest BCUT2D eigenvalue weighted by molar-refractivity contribution is 0.410. The average molecular weight is 575 g/mol. The summed E-state index contributed by atoms with van der Waals surface area (Å²) in [6.45, 7) is 18.3. The van der Waals surface area contributed by atoms with Crippen molar-refractivity contribution in [2.75, 3.05) is 21.3 Å². The summed E-state index contributed by atoms with van der Waals surface area (Å²) in [5.41, 5.74) is 10.3. The Hall–Kier alpha value is -3.23. The molecule has 0 radical (unpaired) electrons. The highest BCUT2D eigenvalue weighted by Gasteiger charge is 2.02. The number of rotatable bonds is 6. The third kappa shape index (κ3) is 10.2. The van der Waals surface area contributed by atoms with Gasteiger partial charge in [0.05, 0.1) is 34.5 Å². The zero-order valence-corrected chi connectivity index (χ0v) is 23.7. The van der Waals surface area contributed by atoms with Crippen molar-refractivity contribution in [3.8, 4) is 17.2 Å². The number of nitrogens with two attached hydrogens (primary N) is 1. The van der Waals surface area contributed by atoms with Crippen molar-refractivity contribution in [3.63, 3.8) is 0 Å². The SMILES string of the molecule is CCc1cc(CN)ccc1OC.Cl.[C-]#[N+]c1ccc(OC)c(Br)c1.[C-]#[N+]c1ccc(OC)c(CC)c1. The minimum absolute atomic E-state index is 0. The maximum atomic E-state index is 6.83. The van der Waals surface area contributed by atoms with E-state index < -0.39 is 0 Å². The van der Waals surface area contributed by atoms with Crippen LogP contribution in [0.5, 0.6) is 17.2 Å². The maximum Gasteiger partial charge on any atom is 0.188 e. The fourth-order valence-corrected chi connectivity index (χ4v) is 3.60. The van der Waals surface area contributed by atoms with Crippen LogP contribution in [0.2, 0.25) is 0 Å². The van der Waals surface area contributed by atoms with Crippen molar-refractivity contribution in [1.29, 1.82) is 0 Å². The summed E-state index contributed by atoms with van der Waals surface area (Å²) in [4.78, 5) is 6.62. The molecule has 0 bridgehead atoms. The van der Waals surface area contributed by atoms with E-state index in [4.69, 9.17) is 33.1 Å². The molecule has 0 heterocycles. The third-order valence-electron chi connectivity index (χ3n) is 5.00. The Morgan fingerprint density at radius 1 is 0.722 bits per heavy atom. The molecule has 6 nitrogen and oxygen atoms in total. The van der Waals surface area contributed by atoms with Gasteiger partial charge in [-0.25, -0.2) is 9.69 Å². The molecule has 8 heteroatoms. The van der Waals surface area contributed by atoms with E-state index in [0.29, 0.717) is 17.9 Å². The van der Waals surface area contributed by atoms with Crippen LogP contribution in [0.1, 0.15) is 30.5 Å². The van der Waals surface area contributed by atoms with Gasteiger partial charge in [0, 0.05) is 11.0 Å². The molecule has 2 N–H and O–H groups in total.